The zero-order valence-corrected chi connectivity index (χ0v) is 11.6. The van der Waals surface area contributed by atoms with E-state index in [2.05, 4.69) is 9.97 Å². The Bertz CT molecular complexity index is 502. The molecule has 1 aromatic heterocycles. The van der Waals surface area contributed by atoms with E-state index in [4.69, 9.17) is 0 Å². The van der Waals surface area contributed by atoms with Crippen molar-refractivity contribution in [1.29, 1.82) is 0 Å². The Morgan fingerprint density at radius 1 is 1.37 bits per heavy atom. The SMILES string of the molecule is CC(C)c1ncc(CC(=O)N2CCCCC2)c(=O)[nH]1. The summed E-state index contributed by atoms with van der Waals surface area (Å²) in [4.78, 5) is 32.8. The fourth-order valence-corrected chi connectivity index (χ4v) is 2.27. The fraction of sp³-hybridized carbons (Fsp3) is 0.643. The molecule has 0 unspecified atom stereocenters. The highest BCUT2D eigenvalue weighted by molar-refractivity contribution is 5.78. The van der Waals surface area contributed by atoms with Crippen molar-refractivity contribution in [2.75, 3.05) is 13.1 Å². The minimum Gasteiger partial charge on any atom is -0.342 e. The van der Waals surface area contributed by atoms with Gasteiger partial charge in [-0.05, 0) is 19.3 Å². The van der Waals surface area contributed by atoms with Crippen LogP contribution in [0.15, 0.2) is 11.0 Å². The third-order valence-corrected chi connectivity index (χ3v) is 3.49. The summed E-state index contributed by atoms with van der Waals surface area (Å²) in [5.74, 6) is 0.878. The molecule has 19 heavy (non-hydrogen) atoms. The van der Waals surface area contributed by atoms with E-state index >= 15 is 0 Å². The summed E-state index contributed by atoms with van der Waals surface area (Å²) in [6.07, 6.45) is 5.00. The number of carbonyl (C=O) groups excluding carboxylic acids is 1. The molecule has 0 aliphatic carbocycles. The van der Waals surface area contributed by atoms with E-state index < -0.39 is 0 Å². The van der Waals surface area contributed by atoms with Gasteiger partial charge in [-0.15, -0.1) is 0 Å². The monoisotopic (exact) mass is 263 g/mol. The molecule has 5 heteroatoms. The highest BCUT2D eigenvalue weighted by Crippen LogP contribution is 2.10. The van der Waals surface area contributed by atoms with Gasteiger partial charge in [0.25, 0.3) is 5.56 Å². The molecule has 5 nitrogen and oxygen atoms in total. The van der Waals surface area contributed by atoms with E-state index in [0.29, 0.717) is 11.4 Å². The van der Waals surface area contributed by atoms with Gasteiger partial charge in [0, 0.05) is 30.8 Å². The molecular formula is C14H21N3O2. The largest absolute Gasteiger partial charge is 0.342 e. The average molecular weight is 263 g/mol. The van der Waals surface area contributed by atoms with Crippen molar-refractivity contribution < 1.29 is 4.79 Å². The summed E-state index contributed by atoms with van der Waals surface area (Å²) in [7, 11) is 0. The van der Waals surface area contributed by atoms with Crippen molar-refractivity contribution in [2.24, 2.45) is 0 Å². The zero-order chi connectivity index (χ0) is 13.8. The predicted molar refractivity (Wildman–Crippen MR) is 73.1 cm³/mol. The van der Waals surface area contributed by atoms with E-state index in [-0.39, 0.29) is 23.8 Å². The molecule has 0 radical (unpaired) electrons. The minimum atomic E-state index is -0.191. The lowest BCUT2D eigenvalue weighted by atomic mass is 10.1. The molecule has 1 amide bonds. The topological polar surface area (TPSA) is 66.1 Å². The van der Waals surface area contributed by atoms with E-state index in [1.807, 2.05) is 18.7 Å². The number of nitrogens with one attached hydrogen (secondary N) is 1. The van der Waals surface area contributed by atoms with Gasteiger partial charge in [-0.1, -0.05) is 13.8 Å². The highest BCUT2D eigenvalue weighted by Gasteiger charge is 2.18. The first-order valence-corrected chi connectivity index (χ1v) is 6.94. The highest BCUT2D eigenvalue weighted by atomic mass is 16.2. The molecule has 1 saturated heterocycles. The molecule has 1 aliphatic heterocycles. The number of hydrogen-bond acceptors (Lipinski definition) is 3. The summed E-state index contributed by atoms with van der Waals surface area (Å²) >= 11 is 0. The molecule has 1 fully saturated rings. The van der Waals surface area contributed by atoms with Gasteiger partial charge in [0.05, 0.1) is 6.42 Å². The van der Waals surface area contributed by atoms with Crippen molar-refractivity contribution in [1.82, 2.24) is 14.9 Å². The molecular weight excluding hydrogens is 242 g/mol. The first-order chi connectivity index (χ1) is 9.08. The van der Waals surface area contributed by atoms with Gasteiger partial charge in [0.1, 0.15) is 5.82 Å². The zero-order valence-electron chi connectivity index (χ0n) is 11.6. The van der Waals surface area contributed by atoms with Crippen LogP contribution in [0.4, 0.5) is 0 Å². The van der Waals surface area contributed by atoms with Crippen LogP contribution in [0.25, 0.3) is 0 Å². The number of nitrogens with zero attached hydrogens (tertiary/aromatic N) is 2. The number of likely N-dealkylation sites (tertiary alicyclic amines) is 1. The smallest absolute Gasteiger partial charge is 0.254 e. The average Bonchev–Trinajstić information content (AvgIpc) is 2.41. The number of piperidine rings is 1. The third kappa shape index (κ3) is 3.43. The summed E-state index contributed by atoms with van der Waals surface area (Å²) in [6.45, 7) is 5.57. The van der Waals surface area contributed by atoms with Gasteiger partial charge in [-0.25, -0.2) is 4.98 Å². The number of aromatic nitrogens is 2. The maximum Gasteiger partial charge on any atom is 0.254 e. The summed E-state index contributed by atoms with van der Waals surface area (Å²) in [5.41, 5.74) is 0.268. The molecule has 1 N–H and O–H groups in total. The first-order valence-electron chi connectivity index (χ1n) is 6.94. The van der Waals surface area contributed by atoms with Crippen LogP contribution in [0.2, 0.25) is 0 Å². The second kappa shape index (κ2) is 5.99. The third-order valence-electron chi connectivity index (χ3n) is 3.49. The summed E-state index contributed by atoms with van der Waals surface area (Å²) in [5, 5.41) is 0. The van der Waals surface area contributed by atoms with Crippen molar-refractivity contribution in [3.05, 3.63) is 27.9 Å². The second-order valence-electron chi connectivity index (χ2n) is 5.40. The molecule has 2 heterocycles. The molecule has 0 aromatic carbocycles. The van der Waals surface area contributed by atoms with Crippen molar-refractivity contribution >= 4 is 5.91 Å². The van der Waals surface area contributed by atoms with Crippen LogP contribution in [0, 0.1) is 0 Å². The van der Waals surface area contributed by atoms with Gasteiger partial charge < -0.3 is 9.88 Å². The van der Waals surface area contributed by atoms with E-state index in [0.717, 1.165) is 25.9 Å². The Kier molecular flexibility index (Phi) is 4.35. The van der Waals surface area contributed by atoms with Crippen LogP contribution < -0.4 is 5.56 Å². The van der Waals surface area contributed by atoms with Gasteiger partial charge in [0.2, 0.25) is 5.91 Å². The molecule has 104 valence electrons. The van der Waals surface area contributed by atoms with Gasteiger partial charge in [-0.2, -0.15) is 0 Å². The normalized spacial score (nSPS) is 15.8. The Hall–Kier alpha value is -1.65. The number of H-pyrrole nitrogens is 1. The molecule has 0 spiro atoms. The van der Waals surface area contributed by atoms with Gasteiger partial charge >= 0.3 is 0 Å². The number of amides is 1. The lowest BCUT2D eigenvalue weighted by Gasteiger charge is -2.26. The van der Waals surface area contributed by atoms with E-state index in [1.165, 1.54) is 12.6 Å². The molecule has 1 aromatic rings. The van der Waals surface area contributed by atoms with Gasteiger partial charge in [-0.3, -0.25) is 9.59 Å². The van der Waals surface area contributed by atoms with Crippen molar-refractivity contribution in [2.45, 2.75) is 45.4 Å². The molecule has 2 rings (SSSR count). The Morgan fingerprint density at radius 3 is 2.63 bits per heavy atom. The minimum absolute atomic E-state index is 0.0318. The Balaban J connectivity index is 2.06. The molecule has 0 bridgehead atoms. The van der Waals surface area contributed by atoms with Crippen LogP contribution in [-0.2, 0) is 11.2 Å². The maximum atomic E-state index is 12.1. The fourth-order valence-electron chi connectivity index (χ4n) is 2.27. The lowest BCUT2D eigenvalue weighted by molar-refractivity contribution is -0.131. The van der Waals surface area contributed by atoms with Crippen molar-refractivity contribution in [3.63, 3.8) is 0 Å². The molecule has 0 saturated carbocycles. The van der Waals surface area contributed by atoms with Crippen LogP contribution >= 0.6 is 0 Å². The quantitative estimate of drug-likeness (QED) is 0.897. The first kappa shape index (κ1) is 13.8. The van der Waals surface area contributed by atoms with Crippen LogP contribution in [0.5, 0.6) is 0 Å². The predicted octanol–water partition coefficient (Wildman–Crippen LogP) is 1.45. The summed E-state index contributed by atoms with van der Waals surface area (Å²) in [6, 6.07) is 0. The number of rotatable bonds is 3. The number of carbonyl (C=O) groups is 1. The standard InChI is InChI=1S/C14H21N3O2/c1-10(2)13-15-9-11(14(19)16-13)8-12(18)17-6-4-3-5-7-17/h9-10H,3-8H2,1-2H3,(H,15,16,19). The molecule has 0 atom stereocenters. The van der Waals surface area contributed by atoms with Crippen LogP contribution in [-0.4, -0.2) is 33.9 Å². The van der Waals surface area contributed by atoms with Crippen LogP contribution in [0.3, 0.4) is 0 Å². The van der Waals surface area contributed by atoms with Crippen LogP contribution in [0.1, 0.15) is 50.4 Å². The Labute approximate surface area is 113 Å². The summed E-state index contributed by atoms with van der Waals surface area (Å²) < 4.78 is 0. The maximum absolute atomic E-state index is 12.1. The number of aromatic amines is 1. The number of hydrogen-bond donors (Lipinski definition) is 1. The van der Waals surface area contributed by atoms with E-state index in [9.17, 15) is 9.59 Å². The molecule has 1 aliphatic rings. The van der Waals surface area contributed by atoms with E-state index in [1.54, 1.807) is 0 Å². The lowest BCUT2D eigenvalue weighted by Crippen LogP contribution is -2.37. The van der Waals surface area contributed by atoms with Crippen molar-refractivity contribution in [3.8, 4) is 0 Å². The van der Waals surface area contributed by atoms with Gasteiger partial charge in [0.15, 0.2) is 0 Å². The Morgan fingerprint density at radius 2 is 2.05 bits per heavy atom. The second-order valence-corrected chi connectivity index (χ2v) is 5.40.